The Kier molecular flexibility index (Phi) is 17.5. The lowest BCUT2D eigenvalue weighted by Crippen LogP contribution is -2.22. The maximum Gasteiger partial charge on any atom is -0.0250 e. The third-order valence-corrected chi connectivity index (χ3v) is 16.3. The zero-order chi connectivity index (χ0) is 41.5. The standard InChI is InChI=1S/2C30H42/c2*1-3-24-8-10-26(11-9-24)21-28-16-18-30(19-17-28)22-29-14-12-27(13-15-29)20-25-6-4-23(2)5-7-25/h8-15,23,25,28,30H,3-7,16-22H2,1-2H3;4-11,27-30H,3,12-22H2,1-2H3. The maximum absolute atomic E-state index is 2.43. The highest BCUT2D eigenvalue weighted by Crippen LogP contribution is 2.40. The van der Waals surface area contributed by atoms with Crippen molar-refractivity contribution in [2.75, 3.05) is 0 Å². The van der Waals surface area contributed by atoms with Gasteiger partial charge in [-0.15, -0.1) is 0 Å². The summed E-state index contributed by atoms with van der Waals surface area (Å²) >= 11 is 0. The molecule has 0 spiro atoms. The highest BCUT2D eigenvalue weighted by atomic mass is 14.3. The van der Waals surface area contributed by atoms with Crippen molar-refractivity contribution in [3.63, 3.8) is 0 Å². The SMILES string of the molecule is CCc1ccc(CC2CCC(CC3CCC(Cc4ccc(C)cc4)CC3)CC2)cc1.CCc1ccc(CC2CCC(Cc3ccc(CC4CCC(C)CC4)cc3)CC2)cc1. The second kappa shape index (κ2) is 23.4. The monoisotopic (exact) mass is 805 g/mol. The largest absolute Gasteiger partial charge is 0.0625 e. The third-order valence-electron chi connectivity index (χ3n) is 16.3. The molecule has 324 valence electrons. The molecule has 0 N–H and O–H groups in total. The molecule has 4 aromatic carbocycles. The highest BCUT2D eigenvalue weighted by Gasteiger charge is 2.28. The summed E-state index contributed by atoms with van der Waals surface area (Å²) in [7, 11) is 0. The molecule has 4 aromatic rings. The van der Waals surface area contributed by atoms with Gasteiger partial charge < -0.3 is 0 Å². The molecule has 0 unspecified atom stereocenters. The minimum atomic E-state index is 0.898. The van der Waals surface area contributed by atoms with Crippen LogP contribution in [0.25, 0.3) is 0 Å². The molecule has 4 aliphatic rings. The topological polar surface area (TPSA) is 0 Å². The average Bonchev–Trinajstić information content (AvgIpc) is 3.29. The fourth-order valence-electron chi connectivity index (χ4n) is 12.0. The molecule has 0 radical (unpaired) electrons. The van der Waals surface area contributed by atoms with Crippen molar-refractivity contribution in [3.05, 3.63) is 142 Å². The first-order valence-corrected chi connectivity index (χ1v) is 25.6. The van der Waals surface area contributed by atoms with Crippen LogP contribution < -0.4 is 0 Å². The summed E-state index contributed by atoms with van der Waals surface area (Å²) in [6.07, 6.45) is 33.5. The molecule has 0 atom stereocenters. The Labute approximate surface area is 369 Å². The second-order valence-electron chi connectivity index (χ2n) is 21.2. The first kappa shape index (κ1) is 44.9. The number of hydrogen-bond donors (Lipinski definition) is 0. The van der Waals surface area contributed by atoms with Crippen molar-refractivity contribution in [1.29, 1.82) is 0 Å². The summed E-state index contributed by atoms with van der Waals surface area (Å²) < 4.78 is 0. The van der Waals surface area contributed by atoms with Gasteiger partial charge in [-0.2, -0.15) is 0 Å². The van der Waals surface area contributed by atoms with E-state index >= 15 is 0 Å². The molecule has 0 heterocycles. The Morgan fingerprint density at radius 3 is 0.783 bits per heavy atom. The molecule has 4 aliphatic carbocycles. The molecule has 4 fully saturated rings. The fourth-order valence-corrected chi connectivity index (χ4v) is 12.0. The summed E-state index contributed by atoms with van der Waals surface area (Å²) in [5.41, 5.74) is 12.1. The van der Waals surface area contributed by atoms with E-state index < -0.39 is 0 Å². The molecule has 8 rings (SSSR count). The molecule has 0 heteroatoms. The predicted molar refractivity (Wildman–Crippen MR) is 260 cm³/mol. The van der Waals surface area contributed by atoms with Gasteiger partial charge in [0.2, 0.25) is 0 Å². The van der Waals surface area contributed by atoms with Crippen LogP contribution in [0.5, 0.6) is 0 Å². The Morgan fingerprint density at radius 1 is 0.300 bits per heavy atom. The van der Waals surface area contributed by atoms with Gasteiger partial charge in [-0.25, -0.2) is 0 Å². The molecule has 0 nitrogen and oxygen atoms in total. The normalized spacial score (nSPS) is 27.1. The van der Waals surface area contributed by atoms with Gasteiger partial charge in [-0.3, -0.25) is 0 Å². The summed E-state index contributed by atoms with van der Waals surface area (Å²) in [5.74, 6) is 7.58. The van der Waals surface area contributed by atoms with Crippen LogP contribution in [-0.2, 0) is 44.9 Å². The third kappa shape index (κ3) is 14.5. The van der Waals surface area contributed by atoms with Gasteiger partial charge in [0.1, 0.15) is 0 Å². The van der Waals surface area contributed by atoms with E-state index in [1.54, 1.807) is 27.8 Å². The van der Waals surface area contributed by atoms with E-state index in [9.17, 15) is 0 Å². The molecule has 0 aromatic heterocycles. The van der Waals surface area contributed by atoms with Crippen LogP contribution in [0.2, 0.25) is 0 Å². The summed E-state index contributed by atoms with van der Waals surface area (Å²) in [4.78, 5) is 0. The lowest BCUT2D eigenvalue weighted by molar-refractivity contribution is 0.191. The minimum Gasteiger partial charge on any atom is -0.0625 e. The maximum atomic E-state index is 2.43. The molecular formula is C60H84. The van der Waals surface area contributed by atoms with Crippen LogP contribution in [-0.4, -0.2) is 0 Å². The number of benzene rings is 4. The van der Waals surface area contributed by atoms with Gasteiger partial charge in [0, 0.05) is 0 Å². The lowest BCUT2D eigenvalue weighted by atomic mass is 9.72. The van der Waals surface area contributed by atoms with Gasteiger partial charge in [0.15, 0.2) is 0 Å². The zero-order valence-electron chi connectivity index (χ0n) is 38.8. The van der Waals surface area contributed by atoms with Gasteiger partial charge in [0.25, 0.3) is 0 Å². The van der Waals surface area contributed by atoms with Crippen LogP contribution in [0.1, 0.15) is 174 Å². The van der Waals surface area contributed by atoms with Crippen molar-refractivity contribution in [2.24, 2.45) is 47.3 Å². The van der Waals surface area contributed by atoms with Crippen LogP contribution in [0.4, 0.5) is 0 Å². The van der Waals surface area contributed by atoms with Crippen LogP contribution in [0.3, 0.4) is 0 Å². The van der Waals surface area contributed by atoms with E-state index in [4.69, 9.17) is 0 Å². The smallest absolute Gasteiger partial charge is 0.0250 e. The quantitative estimate of drug-likeness (QED) is 0.119. The van der Waals surface area contributed by atoms with Gasteiger partial charge in [-0.1, -0.05) is 162 Å². The predicted octanol–water partition coefficient (Wildman–Crippen LogP) is 16.6. The van der Waals surface area contributed by atoms with E-state index in [-0.39, 0.29) is 0 Å². The molecule has 0 aliphatic heterocycles. The molecule has 60 heavy (non-hydrogen) atoms. The summed E-state index contributed by atoms with van der Waals surface area (Å²) in [5, 5.41) is 0. The lowest BCUT2D eigenvalue weighted by Gasteiger charge is -2.34. The van der Waals surface area contributed by atoms with E-state index in [0.717, 1.165) is 60.2 Å². The molecule has 0 bridgehead atoms. The van der Waals surface area contributed by atoms with Crippen molar-refractivity contribution in [2.45, 2.75) is 182 Å². The van der Waals surface area contributed by atoms with E-state index in [1.807, 2.05) is 0 Å². The Hall–Kier alpha value is -3.12. The molecule has 0 amide bonds. The van der Waals surface area contributed by atoms with Crippen molar-refractivity contribution in [3.8, 4) is 0 Å². The Balaban J connectivity index is 0.000000181. The number of rotatable bonds is 14. The van der Waals surface area contributed by atoms with Gasteiger partial charge in [-0.05, 0) is 209 Å². The van der Waals surface area contributed by atoms with Crippen LogP contribution in [0, 0.1) is 54.3 Å². The van der Waals surface area contributed by atoms with Gasteiger partial charge >= 0.3 is 0 Å². The second-order valence-corrected chi connectivity index (χ2v) is 21.2. The first-order valence-electron chi connectivity index (χ1n) is 25.6. The molecule has 4 saturated carbocycles. The Morgan fingerprint density at radius 2 is 0.517 bits per heavy atom. The van der Waals surface area contributed by atoms with Gasteiger partial charge in [0.05, 0.1) is 0 Å². The fraction of sp³-hybridized carbons (Fsp3) is 0.600. The van der Waals surface area contributed by atoms with E-state index in [0.29, 0.717) is 0 Å². The van der Waals surface area contributed by atoms with Crippen molar-refractivity contribution < 1.29 is 0 Å². The average molecular weight is 805 g/mol. The van der Waals surface area contributed by atoms with Crippen molar-refractivity contribution in [1.82, 2.24) is 0 Å². The van der Waals surface area contributed by atoms with E-state index in [2.05, 4.69) is 125 Å². The highest BCUT2D eigenvalue weighted by molar-refractivity contribution is 5.26. The molecule has 0 saturated heterocycles. The minimum absolute atomic E-state index is 0.898. The van der Waals surface area contributed by atoms with Crippen LogP contribution >= 0.6 is 0 Å². The Bertz CT molecular complexity index is 1750. The van der Waals surface area contributed by atoms with Crippen LogP contribution in [0.15, 0.2) is 97.1 Å². The van der Waals surface area contributed by atoms with E-state index in [1.165, 1.54) is 158 Å². The number of hydrogen-bond acceptors (Lipinski definition) is 0. The van der Waals surface area contributed by atoms with Crippen molar-refractivity contribution >= 4 is 0 Å². The summed E-state index contributed by atoms with van der Waals surface area (Å²) in [6.45, 7) is 9.09. The summed E-state index contributed by atoms with van der Waals surface area (Å²) in [6, 6.07) is 37.7. The first-order chi connectivity index (χ1) is 29.3. The molecular weight excluding hydrogens is 721 g/mol. The zero-order valence-corrected chi connectivity index (χ0v) is 38.8. The number of aryl methyl sites for hydroxylation is 3.